The molecule has 0 amide bonds. The van der Waals surface area contributed by atoms with E-state index in [-0.39, 0.29) is 5.41 Å². The molecule has 0 atom stereocenters. The molecule has 1 aromatic rings. The van der Waals surface area contributed by atoms with E-state index in [1.165, 1.54) is 5.56 Å². The zero-order valence-electron chi connectivity index (χ0n) is 13.7. The van der Waals surface area contributed by atoms with E-state index in [0.29, 0.717) is 0 Å². The summed E-state index contributed by atoms with van der Waals surface area (Å²) in [6, 6.07) is 10.5. The molecule has 1 aromatic carbocycles. The van der Waals surface area contributed by atoms with Gasteiger partial charge in [-0.2, -0.15) is 5.26 Å². The Hall–Kier alpha value is -1.53. The third-order valence-electron chi connectivity index (χ3n) is 3.73. The van der Waals surface area contributed by atoms with E-state index < -0.39 is 0 Å². The predicted molar refractivity (Wildman–Crippen MR) is 89.7 cm³/mol. The van der Waals surface area contributed by atoms with Crippen LogP contribution in [0.1, 0.15) is 52.0 Å². The lowest BCUT2D eigenvalue weighted by Gasteiger charge is -2.23. The summed E-state index contributed by atoms with van der Waals surface area (Å²) in [6.07, 6.45) is 4.39. The number of nitrogens with two attached hydrogens (primary N) is 1. The molecule has 3 nitrogen and oxygen atoms in total. The highest BCUT2D eigenvalue weighted by Crippen LogP contribution is 2.22. The summed E-state index contributed by atoms with van der Waals surface area (Å²) >= 11 is 0. The van der Waals surface area contributed by atoms with Crippen molar-refractivity contribution in [3.8, 4) is 6.07 Å². The zero-order valence-corrected chi connectivity index (χ0v) is 13.7. The lowest BCUT2D eigenvalue weighted by molar-refractivity contribution is 0.255. The van der Waals surface area contributed by atoms with Gasteiger partial charge < -0.3 is 5.73 Å². The largest absolute Gasteiger partial charge is 0.399 e. The lowest BCUT2D eigenvalue weighted by atomic mass is 9.89. The Morgan fingerprint density at radius 1 is 1.24 bits per heavy atom. The molecule has 0 aliphatic rings. The minimum Gasteiger partial charge on any atom is -0.399 e. The summed E-state index contributed by atoms with van der Waals surface area (Å²) < 4.78 is 0. The van der Waals surface area contributed by atoms with Gasteiger partial charge >= 0.3 is 0 Å². The molecule has 0 saturated carbocycles. The van der Waals surface area contributed by atoms with Gasteiger partial charge in [-0.1, -0.05) is 25.5 Å². The van der Waals surface area contributed by atoms with Crippen molar-refractivity contribution in [2.45, 2.75) is 53.0 Å². The molecule has 0 aromatic heterocycles. The van der Waals surface area contributed by atoms with E-state index in [0.717, 1.165) is 51.0 Å². The Bertz CT molecular complexity index is 460. The van der Waals surface area contributed by atoms with Crippen molar-refractivity contribution in [1.82, 2.24) is 4.90 Å². The standard InChI is InChI=1S/C18H29N3/c1-4-11-21(12-6-5-10-18(2,3)15-19)14-16-8-7-9-17(20)13-16/h7-9,13H,4-6,10-12,14,20H2,1-3H3. The Labute approximate surface area is 129 Å². The average Bonchev–Trinajstić information content (AvgIpc) is 2.44. The number of benzene rings is 1. The van der Waals surface area contributed by atoms with E-state index in [1.807, 2.05) is 26.0 Å². The Morgan fingerprint density at radius 2 is 2.00 bits per heavy atom. The molecule has 21 heavy (non-hydrogen) atoms. The normalized spacial score (nSPS) is 11.6. The van der Waals surface area contributed by atoms with Crippen molar-refractivity contribution in [1.29, 1.82) is 5.26 Å². The third kappa shape index (κ3) is 7.15. The summed E-state index contributed by atoms with van der Waals surface area (Å²) in [6.45, 7) is 9.40. The van der Waals surface area contributed by atoms with Gasteiger partial charge in [-0.15, -0.1) is 0 Å². The van der Waals surface area contributed by atoms with E-state index >= 15 is 0 Å². The van der Waals surface area contributed by atoms with Crippen LogP contribution >= 0.6 is 0 Å². The monoisotopic (exact) mass is 287 g/mol. The number of nitrogens with zero attached hydrogens (tertiary/aromatic N) is 2. The van der Waals surface area contributed by atoms with Crippen molar-refractivity contribution in [2.75, 3.05) is 18.8 Å². The van der Waals surface area contributed by atoms with Crippen LogP contribution in [0, 0.1) is 16.7 Å². The molecule has 0 saturated heterocycles. The first-order chi connectivity index (χ1) is 9.96. The smallest absolute Gasteiger partial charge is 0.0683 e. The quantitative estimate of drug-likeness (QED) is 0.547. The fourth-order valence-electron chi connectivity index (χ4n) is 2.49. The molecule has 0 spiro atoms. The van der Waals surface area contributed by atoms with E-state index in [2.05, 4.69) is 30.0 Å². The van der Waals surface area contributed by atoms with Crippen molar-refractivity contribution in [2.24, 2.45) is 5.41 Å². The number of hydrogen-bond donors (Lipinski definition) is 1. The van der Waals surface area contributed by atoms with Crippen LogP contribution in [-0.4, -0.2) is 18.0 Å². The maximum atomic E-state index is 9.04. The topological polar surface area (TPSA) is 53.0 Å². The van der Waals surface area contributed by atoms with Crippen molar-refractivity contribution in [3.05, 3.63) is 29.8 Å². The Morgan fingerprint density at radius 3 is 2.62 bits per heavy atom. The minimum atomic E-state index is -0.191. The van der Waals surface area contributed by atoms with E-state index in [4.69, 9.17) is 11.0 Å². The van der Waals surface area contributed by atoms with E-state index in [1.54, 1.807) is 0 Å². The summed E-state index contributed by atoms with van der Waals surface area (Å²) in [7, 11) is 0. The fraction of sp³-hybridized carbons (Fsp3) is 0.611. The van der Waals surface area contributed by atoms with Crippen molar-refractivity contribution < 1.29 is 0 Å². The van der Waals surface area contributed by atoms with Gasteiger partial charge in [0.1, 0.15) is 0 Å². The summed E-state index contributed by atoms with van der Waals surface area (Å²) in [5.41, 5.74) is 7.76. The van der Waals surface area contributed by atoms with Crippen LogP contribution in [0.5, 0.6) is 0 Å². The van der Waals surface area contributed by atoms with Crippen molar-refractivity contribution in [3.63, 3.8) is 0 Å². The third-order valence-corrected chi connectivity index (χ3v) is 3.73. The van der Waals surface area contributed by atoms with Gasteiger partial charge in [0.2, 0.25) is 0 Å². The SMILES string of the molecule is CCCN(CCCCC(C)(C)C#N)Cc1cccc(N)c1. The molecule has 0 aliphatic heterocycles. The second-order valence-corrected chi connectivity index (χ2v) is 6.47. The van der Waals surface area contributed by atoms with Crippen LogP contribution < -0.4 is 5.73 Å². The van der Waals surface area contributed by atoms with Gasteiger partial charge in [0.15, 0.2) is 0 Å². The van der Waals surface area contributed by atoms with Crippen molar-refractivity contribution >= 4 is 5.69 Å². The Balaban J connectivity index is 2.42. The highest BCUT2D eigenvalue weighted by atomic mass is 15.1. The molecule has 0 heterocycles. The second-order valence-electron chi connectivity index (χ2n) is 6.47. The van der Waals surface area contributed by atoms with Crippen LogP contribution in [0.15, 0.2) is 24.3 Å². The molecule has 0 unspecified atom stereocenters. The second kappa shape index (κ2) is 8.69. The number of unbranched alkanes of at least 4 members (excludes halogenated alkanes) is 1. The molecular formula is C18H29N3. The molecule has 116 valence electrons. The molecule has 1 rings (SSSR count). The summed E-state index contributed by atoms with van der Waals surface area (Å²) in [5.74, 6) is 0. The van der Waals surface area contributed by atoms with E-state index in [9.17, 15) is 0 Å². The maximum Gasteiger partial charge on any atom is 0.0683 e. The van der Waals surface area contributed by atoms with Crippen LogP contribution in [-0.2, 0) is 6.54 Å². The number of anilines is 1. The van der Waals surface area contributed by atoms with Gasteiger partial charge in [-0.05, 0) is 63.9 Å². The predicted octanol–water partition coefficient (Wildman–Crippen LogP) is 4.20. The molecule has 0 radical (unpaired) electrons. The average molecular weight is 287 g/mol. The van der Waals surface area contributed by atoms with Crippen LogP contribution in [0.4, 0.5) is 5.69 Å². The fourth-order valence-corrected chi connectivity index (χ4v) is 2.49. The van der Waals surface area contributed by atoms with Crippen LogP contribution in [0.25, 0.3) is 0 Å². The summed E-state index contributed by atoms with van der Waals surface area (Å²) in [4.78, 5) is 2.48. The van der Waals surface area contributed by atoms with Crippen LogP contribution in [0.2, 0.25) is 0 Å². The molecule has 0 bridgehead atoms. The first-order valence-electron chi connectivity index (χ1n) is 7.95. The van der Waals surface area contributed by atoms with Gasteiger partial charge in [-0.25, -0.2) is 0 Å². The first-order valence-corrected chi connectivity index (χ1v) is 7.95. The number of rotatable bonds is 9. The first kappa shape index (κ1) is 17.5. The molecule has 2 N–H and O–H groups in total. The maximum absolute atomic E-state index is 9.04. The minimum absolute atomic E-state index is 0.191. The summed E-state index contributed by atoms with van der Waals surface area (Å²) in [5, 5.41) is 9.04. The lowest BCUT2D eigenvalue weighted by Crippen LogP contribution is -2.25. The molecule has 0 fully saturated rings. The van der Waals surface area contributed by atoms with Gasteiger partial charge in [0, 0.05) is 12.2 Å². The number of nitrogen functional groups attached to an aromatic ring is 1. The molecular weight excluding hydrogens is 258 g/mol. The Kier molecular flexibility index (Phi) is 7.25. The zero-order chi connectivity index (χ0) is 15.7. The number of nitriles is 1. The van der Waals surface area contributed by atoms with Gasteiger partial charge in [0.05, 0.1) is 11.5 Å². The highest BCUT2D eigenvalue weighted by Gasteiger charge is 2.15. The van der Waals surface area contributed by atoms with Gasteiger partial charge in [0.25, 0.3) is 0 Å². The highest BCUT2D eigenvalue weighted by molar-refractivity contribution is 5.40. The molecule has 3 heteroatoms. The number of hydrogen-bond acceptors (Lipinski definition) is 3. The van der Waals surface area contributed by atoms with Gasteiger partial charge in [-0.3, -0.25) is 4.90 Å². The van der Waals surface area contributed by atoms with Crippen LogP contribution in [0.3, 0.4) is 0 Å². The molecule has 0 aliphatic carbocycles.